The van der Waals surface area contributed by atoms with Gasteiger partial charge < -0.3 is 10.6 Å². The van der Waals surface area contributed by atoms with Crippen LogP contribution in [0.1, 0.15) is 37.3 Å². The van der Waals surface area contributed by atoms with E-state index >= 15 is 0 Å². The van der Waals surface area contributed by atoms with E-state index in [9.17, 15) is 9.18 Å². The van der Waals surface area contributed by atoms with Crippen molar-refractivity contribution < 1.29 is 9.18 Å². The molecule has 1 saturated heterocycles. The molecule has 0 radical (unpaired) electrons. The molecule has 0 bridgehead atoms. The van der Waals surface area contributed by atoms with Gasteiger partial charge in [0.2, 0.25) is 5.91 Å². The SMILES string of the molecule is O=C1NC(c2ccc(F)cc2)CNC12CCCC2. The minimum Gasteiger partial charge on any atom is -0.346 e. The number of halogens is 1. The van der Waals surface area contributed by atoms with Crippen molar-refractivity contribution in [1.82, 2.24) is 10.6 Å². The van der Waals surface area contributed by atoms with E-state index in [1.807, 2.05) is 0 Å². The van der Waals surface area contributed by atoms with Crippen LogP contribution < -0.4 is 10.6 Å². The van der Waals surface area contributed by atoms with Crippen molar-refractivity contribution in [1.29, 1.82) is 0 Å². The summed E-state index contributed by atoms with van der Waals surface area (Å²) in [4.78, 5) is 12.2. The third-order valence-corrected chi connectivity index (χ3v) is 4.11. The van der Waals surface area contributed by atoms with E-state index in [0.717, 1.165) is 37.8 Å². The molecule has 1 heterocycles. The molecule has 1 aromatic rings. The van der Waals surface area contributed by atoms with Gasteiger partial charge in [-0.05, 0) is 30.5 Å². The molecule has 1 spiro atoms. The molecule has 1 aromatic carbocycles. The first-order valence-electron chi connectivity index (χ1n) is 6.51. The third-order valence-electron chi connectivity index (χ3n) is 4.11. The number of benzene rings is 1. The van der Waals surface area contributed by atoms with Crippen LogP contribution in [0.5, 0.6) is 0 Å². The number of nitrogens with one attached hydrogen (secondary N) is 2. The summed E-state index contributed by atoms with van der Waals surface area (Å²) in [5, 5.41) is 6.46. The Morgan fingerprint density at radius 1 is 1.17 bits per heavy atom. The molecule has 3 nitrogen and oxygen atoms in total. The average Bonchev–Trinajstić information content (AvgIpc) is 2.84. The largest absolute Gasteiger partial charge is 0.346 e. The van der Waals surface area contributed by atoms with Crippen molar-refractivity contribution in [3.05, 3.63) is 35.6 Å². The minimum absolute atomic E-state index is 0.0516. The third kappa shape index (κ3) is 1.90. The predicted octanol–water partition coefficient (Wildman–Crippen LogP) is 1.90. The first kappa shape index (κ1) is 11.7. The van der Waals surface area contributed by atoms with Crippen molar-refractivity contribution in [2.45, 2.75) is 37.3 Å². The second-order valence-electron chi connectivity index (χ2n) is 5.25. The van der Waals surface area contributed by atoms with Crippen LogP contribution in [0, 0.1) is 5.82 Å². The number of hydrogen-bond acceptors (Lipinski definition) is 2. The van der Waals surface area contributed by atoms with Crippen LogP contribution in [0.3, 0.4) is 0 Å². The predicted molar refractivity (Wildman–Crippen MR) is 66.5 cm³/mol. The topological polar surface area (TPSA) is 41.1 Å². The van der Waals surface area contributed by atoms with Gasteiger partial charge in [-0.25, -0.2) is 4.39 Å². The highest BCUT2D eigenvalue weighted by molar-refractivity contribution is 5.87. The number of carbonyl (C=O) groups excluding carboxylic acids is 1. The second kappa shape index (κ2) is 4.35. The minimum atomic E-state index is -0.337. The van der Waals surface area contributed by atoms with E-state index in [1.165, 1.54) is 12.1 Å². The summed E-state index contributed by atoms with van der Waals surface area (Å²) in [6.45, 7) is 0.720. The van der Waals surface area contributed by atoms with Crippen LogP contribution >= 0.6 is 0 Å². The molecule has 4 heteroatoms. The summed E-state index contributed by atoms with van der Waals surface area (Å²) in [7, 11) is 0. The molecule has 1 amide bonds. The van der Waals surface area contributed by atoms with Crippen LogP contribution in [-0.4, -0.2) is 18.0 Å². The molecular formula is C14H17FN2O. The van der Waals surface area contributed by atoms with Gasteiger partial charge in [0, 0.05) is 6.54 Å². The van der Waals surface area contributed by atoms with Crippen molar-refractivity contribution in [3.8, 4) is 0 Å². The summed E-state index contributed by atoms with van der Waals surface area (Å²) in [6.07, 6.45) is 4.08. The van der Waals surface area contributed by atoms with E-state index < -0.39 is 0 Å². The Kier molecular flexibility index (Phi) is 2.82. The number of amides is 1. The molecule has 2 aliphatic rings. The van der Waals surface area contributed by atoms with Crippen molar-refractivity contribution in [2.75, 3.05) is 6.54 Å². The van der Waals surface area contributed by atoms with Gasteiger partial charge in [-0.3, -0.25) is 4.79 Å². The molecule has 2 N–H and O–H groups in total. The van der Waals surface area contributed by atoms with Gasteiger partial charge >= 0.3 is 0 Å². The van der Waals surface area contributed by atoms with E-state index in [4.69, 9.17) is 0 Å². The lowest BCUT2D eigenvalue weighted by atomic mass is 9.91. The Hall–Kier alpha value is -1.42. The molecule has 1 unspecified atom stereocenters. The highest BCUT2D eigenvalue weighted by Gasteiger charge is 2.44. The quantitative estimate of drug-likeness (QED) is 0.797. The second-order valence-corrected chi connectivity index (χ2v) is 5.25. The smallest absolute Gasteiger partial charge is 0.240 e. The highest BCUT2D eigenvalue weighted by atomic mass is 19.1. The van der Waals surface area contributed by atoms with E-state index in [2.05, 4.69) is 10.6 Å². The van der Waals surface area contributed by atoms with E-state index in [-0.39, 0.29) is 23.3 Å². The summed E-state index contributed by atoms with van der Waals surface area (Å²) in [5.74, 6) is -0.151. The Balaban J connectivity index is 1.75. The highest BCUT2D eigenvalue weighted by Crippen LogP contribution is 2.33. The summed E-state index contributed by atoms with van der Waals surface area (Å²) in [6, 6.07) is 6.27. The van der Waals surface area contributed by atoms with Crippen LogP contribution in [0.2, 0.25) is 0 Å². The zero-order valence-electron chi connectivity index (χ0n) is 10.2. The van der Waals surface area contributed by atoms with Gasteiger partial charge in [-0.2, -0.15) is 0 Å². The fourth-order valence-corrected chi connectivity index (χ4v) is 3.00. The van der Waals surface area contributed by atoms with Gasteiger partial charge in [-0.1, -0.05) is 25.0 Å². The molecule has 1 saturated carbocycles. The zero-order chi connectivity index (χ0) is 12.6. The van der Waals surface area contributed by atoms with Gasteiger partial charge in [-0.15, -0.1) is 0 Å². The molecule has 3 rings (SSSR count). The number of piperazine rings is 1. The van der Waals surface area contributed by atoms with Crippen LogP contribution in [0.25, 0.3) is 0 Å². The first-order chi connectivity index (χ1) is 8.70. The normalized spacial score (nSPS) is 26.3. The Morgan fingerprint density at radius 2 is 1.83 bits per heavy atom. The summed E-state index contributed by atoms with van der Waals surface area (Å²) >= 11 is 0. The van der Waals surface area contributed by atoms with Crippen LogP contribution in [-0.2, 0) is 4.79 Å². The maximum absolute atomic E-state index is 12.9. The van der Waals surface area contributed by atoms with Crippen molar-refractivity contribution in [2.24, 2.45) is 0 Å². The molecule has 96 valence electrons. The van der Waals surface area contributed by atoms with E-state index in [0.29, 0.717) is 0 Å². The van der Waals surface area contributed by atoms with Crippen LogP contribution in [0.4, 0.5) is 4.39 Å². The van der Waals surface area contributed by atoms with Crippen LogP contribution in [0.15, 0.2) is 24.3 Å². The Bertz CT molecular complexity index is 451. The summed E-state index contributed by atoms with van der Waals surface area (Å²) < 4.78 is 12.9. The van der Waals surface area contributed by atoms with Gasteiger partial charge in [0.15, 0.2) is 0 Å². The number of rotatable bonds is 1. The van der Waals surface area contributed by atoms with E-state index in [1.54, 1.807) is 12.1 Å². The molecular weight excluding hydrogens is 231 g/mol. The fourth-order valence-electron chi connectivity index (χ4n) is 3.00. The standard InChI is InChI=1S/C14H17FN2O/c15-11-5-3-10(4-6-11)12-9-16-14(13(18)17-12)7-1-2-8-14/h3-6,12,16H,1-2,7-9H2,(H,17,18). The zero-order valence-corrected chi connectivity index (χ0v) is 10.2. The average molecular weight is 248 g/mol. The lowest BCUT2D eigenvalue weighted by Gasteiger charge is -2.38. The lowest BCUT2D eigenvalue weighted by molar-refractivity contribution is -0.130. The van der Waals surface area contributed by atoms with Crippen molar-refractivity contribution >= 4 is 5.91 Å². The molecule has 1 aliphatic carbocycles. The van der Waals surface area contributed by atoms with Gasteiger partial charge in [0.1, 0.15) is 5.82 Å². The molecule has 18 heavy (non-hydrogen) atoms. The fraction of sp³-hybridized carbons (Fsp3) is 0.500. The lowest BCUT2D eigenvalue weighted by Crippen LogP contribution is -2.62. The molecule has 1 aliphatic heterocycles. The molecule has 1 atom stereocenters. The Morgan fingerprint density at radius 3 is 2.44 bits per heavy atom. The number of carbonyl (C=O) groups is 1. The van der Waals surface area contributed by atoms with Gasteiger partial charge in [0.25, 0.3) is 0 Å². The summed E-state index contributed by atoms with van der Waals surface area (Å²) in [5.41, 5.74) is 0.612. The maximum atomic E-state index is 12.9. The maximum Gasteiger partial charge on any atom is 0.240 e. The van der Waals surface area contributed by atoms with Crippen molar-refractivity contribution in [3.63, 3.8) is 0 Å². The first-order valence-corrected chi connectivity index (χ1v) is 6.51. The Labute approximate surface area is 106 Å². The molecule has 0 aromatic heterocycles. The number of hydrogen-bond donors (Lipinski definition) is 2. The monoisotopic (exact) mass is 248 g/mol. The van der Waals surface area contributed by atoms with Gasteiger partial charge in [0.05, 0.1) is 11.6 Å². The molecule has 2 fully saturated rings.